The molecule has 0 atom stereocenters. The normalized spacial score (nSPS) is 24.7. The summed E-state index contributed by atoms with van der Waals surface area (Å²) in [6, 6.07) is 0. The average Bonchev–Trinajstić information content (AvgIpc) is 2.39. The highest BCUT2D eigenvalue weighted by Crippen LogP contribution is 2.35. The van der Waals surface area contributed by atoms with Crippen LogP contribution in [0.25, 0.3) is 0 Å². The molecule has 1 heterocycles. The fraction of sp³-hybridized carbons (Fsp3) is 0.929. The van der Waals surface area contributed by atoms with Crippen LogP contribution in [0, 0.1) is 11.8 Å². The quantitative estimate of drug-likeness (QED) is 0.704. The largest absolute Gasteiger partial charge is 0.343 e. The van der Waals surface area contributed by atoms with Crippen LogP contribution in [0.4, 0.5) is 0 Å². The Morgan fingerprint density at radius 3 is 2.12 bits per heavy atom. The Hall–Kier alpha value is -0.530. The van der Waals surface area contributed by atoms with E-state index in [4.69, 9.17) is 0 Å². The first kappa shape index (κ1) is 11.9. The van der Waals surface area contributed by atoms with E-state index in [0.29, 0.717) is 12.3 Å². The predicted molar refractivity (Wildman–Crippen MR) is 66.2 cm³/mol. The van der Waals surface area contributed by atoms with E-state index in [2.05, 4.69) is 4.90 Å². The molecule has 1 saturated carbocycles. The van der Waals surface area contributed by atoms with Gasteiger partial charge in [-0.2, -0.15) is 0 Å². The second-order valence-electron chi connectivity index (χ2n) is 5.47. The molecule has 2 aliphatic rings. The lowest BCUT2D eigenvalue weighted by atomic mass is 9.76. The number of nitrogens with zero attached hydrogens (tertiary/aromatic N) is 1. The lowest BCUT2D eigenvalue weighted by molar-refractivity contribution is -0.132. The maximum absolute atomic E-state index is 11.6. The van der Waals surface area contributed by atoms with Crippen molar-refractivity contribution < 1.29 is 4.79 Å². The Labute approximate surface area is 99.4 Å². The van der Waals surface area contributed by atoms with Crippen molar-refractivity contribution in [2.75, 3.05) is 13.1 Å². The van der Waals surface area contributed by atoms with Gasteiger partial charge in [-0.1, -0.05) is 39.0 Å². The minimum Gasteiger partial charge on any atom is -0.343 e. The highest BCUT2D eigenvalue weighted by atomic mass is 16.2. The molecule has 1 saturated heterocycles. The van der Waals surface area contributed by atoms with Crippen LogP contribution >= 0.6 is 0 Å². The molecule has 2 fully saturated rings. The number of piperidine rings is 1. The summed E-state index contributed by atoms with van der Waals surface area (Å²) in [6.07, 6.45) is 10.4. The lowest BCUT2D eigenvalue weighted by Crippen LogP contribution is -2.40. The summed E-state index contributed by atoms with van der Waals surface area (Å²) in [6.45, 7) is 4.01. The second-order valence-corrected chi connectivity index (χ2v) is 5.47. The molecule has 0 aromatic carbocycles. The number of carbonyl (C=O) groups is 1. The van der Waals surface area contributed by atoms with Gasteiger partial charge >= 0.3 is 0 Å². The van der Waals surface area contributed by atoms with E-state index in [1.807, 2.05) is 6.92 Å². The van der Waals surface area contributed by atoms with Crippen molar-refractivity contribution in [2.45, 2.75) is 58.3 Å². The molecule has 0 N–H and O–H groups in total. The van der Waals surface area contributed by atoms with E-state index >= 15 is 0 Å². The third kappa shape index (κ3) is 2.78. The number of likely N-dealkylation sites (tertiary alicyclic amines) is 1. The van der Waals surface area contributed by atoms with Gasteiger partial charge in [0.15, 0.2) is 0 Å². The van der Waals surface area contributed by atoms with Gasteiger partial charge in [0.25, 0.3) is 0 Å². The molecule has 0 unspecified atom stereocenters. The second kappa shape index (κ2) is 5.70. The van der Waals surface area contributed by atoms with Crippen LogP contribution in [0.2, 0.25) is 0 Å². The smallest absolute Gasteiger partial charge is 0.222 e. The first-order valence-corrected chi connectivity index (χ1v) is 7.09. The molecule has 1 amide bonds. The molecule has 92 valence electrons. The third-order valence-electron chi connectivity index (χ3n) is 4.51. The summed E-state index contributed by atoms with van der Waals surface area (Å²) in [7, 11) is 0. The lowest BCUT2D eigenvalue weighted by Gasteiger charge is -2.37. The molecular formula is C14H25NO. The molecule has 1 aliphatic carbocycles. The number of hydrogen-bond donors (Lipinski definition) is 0. The minimum atomic E-state index is 0.349. The number of amides is 1. The topological polar surface area (TPSA) is 20.3 Å². The van der Waals surface area contributed by atoms with E-state index in [9.17, 15) is 4.79 Å². The first-order valence-electron chi connectivity index (χ1n) is 7.09. The van der Waals surface area contributed by atoms with Crippen LogP contribution in [0.3, 0.4) is 0 Å². The van der Waals surface area contributed by atoms with Crippen molar-refractivity contribution in [2.24, 2.45) is 11.8 Å². The van der Waals surface area contributed by atoms with Gasteiger partial charge in [-0.05, 0) is 24.7 Å². The van der Waals surface area contributed by atoms with Gasteiger partial charge in [0.1, 0.15) is 0 Å². The summed E-state index contributed by atoms with van der Waals surface area (Å²) < 4.78 is 0. The maximum Gasteiger partial charge on any atom is 0.222 e. The Morgan fingerprint density at radius 2 is 1.56 bits per heavy atom. The van der Waals surface area contributed by atoms with E-state index in [0.717, 1.165) is 24.9 Å². The van der Waals surface area contributed by atoms with Gasteiger partial charge in [0.05, 0.1) is 0 Å². The molecule has 2 nitrogen and oxygen atoms in total. The van der Waals surface area contributed by atoms with Crippen molar-refractivity contribution in [3.05, 3.63) is 0 Å². The highest BCUT2D eigenvalue weighted by molar-refractivity contribution is 5.75. The Morgan fingerprint density at radius 1 is 1.00 bits per heavy atom. The van der Waals surface area contributed by atoms with Crippen LogP contribution in [-0.4, -0.2) is 23.9 Å². The Balaban J connectivity index is 1.78. The Bertz CT molecular complexity index is 225. The number of rotatable bonds is 2. The maximum atomic E-state index is 11.6. The molecule has 0 aromatic heterocycles. The number of hydrogen-bond acceptors (Lipinski definition) is 1. The van der Waals surface area contributed by atoms with Crippen molar-refractivity contribution in [1.82, 2.24) is 4.90 Å². The molecule has 16 heavy (non-hydrogen) atoms. The van der Waals surface area contributed by atoms with Gasteiger partial charge in [0, 0.05) is 19.5 Å². The van der Waals surface area contributed by atoms with E-state index in [1.54, 1.807) is 0 Å². The van der Waals surface area contributed by atoms with Crippen molar-refractivity contribution >= 4 is 5.91 Å². The molecule has 2 rings (SSSR count). The van der Waals surface area contributed by atoms with Crippen LogP contribution in [0.5, 0.6) is 0 Å². The Kier molecular flexibility index (Phi) is 4.25. The fourth-order valence-electron chi connectivity index (χ4n) is 3.45. The predicted octanol–water partition coefficient (Wildman–Crippen LogP) is 3.22. The van der Waals surface area contributed by atoms with Gasteiger partial charge in [-0.3, -0.25) is 4.79 Å². The molecule has 1 aliphatic heterocycles. The van der Waals surface area contributed by atoms with Crippen LogP contribution < -0.4 is 0 Å². The van der Waals surface area contributed by atoms with Crippen LogP contribution in [0.1, 0.15) is 58.3 Å². The zero-order chi connectivity index (χ0) is 11.4. The van der Waals surface area contributed by atoms with Gasteiger partial charge in [0.2, 0.25) is 5.91 Å². The zero-order valence-corrected chi connectivity index (χ0v) is 10.6. The molecule has 2 heteroatoms. The van der Waals surface area contributed by atoms with Gasteiger partial charge in [-0.15, -0.1) is 0 Å². The van der Waals surface area contributed by atoms with Gasteiger partial charge < -0.3 is 4.90 Å². The average molecular weight is 223 g/mol. The SMILES string of the molecule is CCC(=O)N1CCC(C2CCCCC2)CC1. The summed E-state index contributed by atoms with van der Waals surface area (Å²) in [5, 5.41) is 0. The zero-order valence-electron chi connectivity index (χ0n) is 10.6. The molecule has 0 spiro atoms. The van der Waals surface area contributed by atoms with Gasteiger partial charge in [-0.25, -0.2) is 0 Å². The van der Waals surface area contributed by atoms with Crippen LogP contribution in [-0.2, 0) is 4.79 Å². The fourth-order valence-corrected chi connectivity index (χ4v) is 3.45. The monoisotopic (exact) mass is 223 g/mol. The molecule has 0 radical (unpaired) electrons. The van der Waals surface area contributed by atoms with E-state index in [-0.39, 0.29) is 0 Å². The highest BCUT2D eigenvalue weighted by Gasteiger charge is 2.28. The molecular weight excluding hydrogens is 198 g/mol. The molecule has 0 aromatic rings. The van der Waals surface area contributed by atoms with Crippen molar-refractivity contribution in [3.63, 3.8) is 0 Å². The van der Waals surface area contributed by atoms with Crippen LogP contribution in [0.15, 0.2) is 0 Å². The van der Waals surface area contributed by atoms with Crippen molar-refractivity contribution in [3.8, 4) is 0 Å². The van der Waals surface area contributed by atoms with E-state index in [1.165, 1.54) is 44.9 Å². The third-order valence-corrected chi connectivity index (χ3v) is 4.51. The number of carbonyl (C=O) groups excluding carboxylic acids is 1. The standard InChI is InChI=1S/C14H25NO/c1-2-14(16)15-10-8-13(9-11-15)12-6-4-3-5-7-12/h12-13H,2-11H2,1H3. The molecule has 0 bridgehead atoms. The van der Waals surface area contributed by atoms with Crippen molar-refractivity contribution in [1.29, 1.82) is 0 Å². The summed E-state index contributed by atoms with van der Waals surface area (Å²) in [5.41, 5.74) is 0. The summed E-state index contributed by atoms with van der Waals surface area (Å²) in [5.74, 6) is 2.25. The minimum absolute atomic E-state index is 0.349. The summed E-state index contributed by atoms with van der Waals surface area (Å²) >= 11 is 0. The first-order chi connectivity index (χ1) is 7.81. The van der Waals surface area contributed by atoms with E-state index < -0.39 is 0 Å². The summed E-state index contributed by atoms with van der Waals surface area (Å²) in [4.78, 5) is 13.6.